The molecule has 2 aromatic rings. The van der Waals surface area contributed by atoms with Crippen LogP contribution in [0.2, 0.25) is 0 Å². The zero-order chi connectivity index (χ0) is 17.1. The fourth-order valence-corrected chi connectivity index (χ4v) is 4.10. The van der Waals surface area contributed by atoms with Gasteiger partial charge in [-0.25, -0.2) is 4.98 Å². The van der Waals surface area contributed by atoms with Gasteiger partial charge in [-0.3, -0.25) is 4.79 Å². The third-order valence-electron chi connectivity index (χ3n) is 4.70. The van der Waals surface area contributed by atoms with Gasteiger partial charge in [-0.1, -0.05) is 55.4 Å². The van der Waals surface area contributed by atoms with Crippen LogP contribution in [0.5, 0.6) is 0 Å². The molecule has 1 aliphatic heterocycles. The van der Waals surface area contributed by atoms with E-state index >= 15 is 0 Å². The number of imidazole rings is 1. The standard InChI is InChI=1S/C19H25N3OS/c1-4-14(5-2)18(23)20-12-16-17(15-8-6-13(3)7-9-15)21-19-22(16)10-11-24-19/h6-9,14H,4-5,10-12H2,1-3H3,(H,20,23). The molecule has 24 heavy (non-hydrogen) atoms. The van der Waals surface area contributed by atoms with Gasteiger partial charge in [0, 0.05) is 23.8 Å². The van der Waals surface area contributed by atoms with Gasteiger partial charge in [-0.15, -0.1) is 0 Å². The highest BCUT2D eigenvalue weighted by molar-refractivity contribution is 7.99. The van der Waals surface area contributed by atoms with Gasteiger partial charge < -0.3 is 9.88 Å². The molecule has 1 amide bonds. The predicted octanol–water partition coefficient (Wildman–Crippen LogP) is 4.02. The summed E-state index contributed by atoms with van der Waals surface area (Å²) in [5.41, 5.74) is 4.48. The Morgan fingerprint density at radius 2 is 2.00 bits per heavy atom. The first-order valence-corrected chi connectivity index (χ1v) is 9.69. The number of amides is 1. The molecule has 1 N–H and O–H groups in total. The third kappa shape index (κ3) is 3.36. The number of carbonyl (C=O) groups is 1. The van der Waals surface area contributed by atoms with Crippen molar-refractivity contribution in [2.75, 3.05) is 5.75 Å². The summed E-state index contributed by atoms with van der Waals surface area (Å²) in [6, 6.07) is 8.45. The van der Waals surface area contributed by atoms with E-state index in [4.69, 9.17) is 4.98 Å². The van der Waals surface area contributed by atoms with Gasteiger partial charge in [-0.05, 0) is 19.8 Å². The lowest BCUT2D eigenvalue weighted by molar-refractivity contribution is -0.125. The minimum atomic E-state index is 0.100. The maximum atomic E-state index is 12.3. The van der Waals surface area contributed by atoms with Crippen molar-refractivity contribution >= 4 is 17.7 Å². The second-order valence-corrected chi connectivity index (χ2v) is 7.35. The third-order valence-corrected chi connectivity index (χ3v) is 5.65. The molecular formula is C19H25N3OS. The van der Waals surface area contributed by atoms with Gasteiger partial charge in [0.1, 0.15) is 0 Å². The molecule has 128 valence electrons. The van der Waals surface area contributed by atoms with E-state index in [9.17, 15) is 4.79 Å². The molecule has 0 spiro atoms. The van der Waals surface area contributed by atoms with Crippen LogP contribution in [0.1, 0.15) is 37.9 Å². The Morgan fingerprint density at radius 3 is 2.67 bits per heavy atom. The summed E-state index contributed by atoms with van der Waals surface area (Å²) in [7, 11) is 0. The molecule has 0 unspecified atom stereocenters. The number of hydrogen-bond acceptors (Lipinski definition) is 3. The number of thioether (sulfide) groups is 1. The second kappa shape index (κ2) is 7.43. The van der Waals surface area contributed by atoms with Crippen LogP contribution in [-0.4, -0.2) is 21.2 Å². The normalized spacial score (nSPS) is 13.3. The summed E-state index contributed by atoms with van der Waals surface area (Å²) >= 11 is 1.79. The van der Waals surface area contributed by atoms with Crippen LogP contribution in [0, 0.1) is 12.8 Å². The van der Waals surface area contributed by atoms with Crippen LogP contribution in [0.25, 0.3) is 11.3 Å². The number of carbonyl (C=O) groups excluding carboxylic acids is 1. The zero-order valence-corrected chi connectivity index (χ0v) is 15.4. The molecule has 1 aliphatic rings. The maximum absolute atomic E-state index is 12.3. The first-order valence-electron chi connectivity index (χ1n) is 8.71. The highest BCUT2D eigenvalue weighted by Crippen LogP contribution is 2.33. The molecular weight excluding hydrogens is 318 g/mol. The topological polar surface area (TPSA) is 46.9 Å². The van der Waals surface area contributed by atoms with Crippen LogP contribution >= 0.6 is 11.8 Å². The predicted molar refractivity (Wildman–Crippen MR) is 99.0 cm³/mol. The number of hydrogen-bond donors (Lipinski definition) is 1. The molecule has 0 bridgehead atoms. The van der Waals surface area contributed by atoms with E-state index in [2.05, 4.69) is 54.9 Å². The SMILES string of the molecule is CCC(CC)C(=O)NCc1c(-c2ccc(C)cc2)nc2n1CCS2. The molecule has 1 aromatic heterocycles. The smallest absolute Gasteiger partial charge is 0.223 e. The van der Waals surface area contributed by atoms with Crippen LogP contribution in [0.3, 0.4) is 0 Å². The number of nitrogens with one attached hydrogen (secondary N) is 1. The summed E-state index contributed by atoms with van der Waals surface area (Å²) in [6.45, 7) is 7.74. The van der Waals surface area contributed by atoms with Gasteiger partial charge in [0.25, 0.3) is 0 Å². The molecule has 0 atom stereocenters. The maximum Gasteiger partial charge on any atom is 0.223 e. The van der Waals surface area contributed by atoms with E-state index in [1.807, 2.05) is 0 Å². The summed E-state index contributed by atoms with van der Waals surface area (Å²) in [5.74, 6) is 1.31. The number of aromatic nitrogens is 2. The van der Waals surface area contributed by atoms with Crippen molar-refractivity contribution < 1.29 is 4.79 Å². The Labute approximate surface area is 148 Å². The highest BCUT2D eigenvalue weighted by atomic mass is 32.2. The average Bonchev–Trinajstić information content (AvgIpc) is 3.16. The van der Waals surface area contributed by atoms with Crippen LogP contribution < -0.4 is 5.32 Å². The van der Waals surface area contributed by atoms with Crippen molar-refractivity contribution in [3.05, 3.63) is 35.5 Å². The molecule has 0 fully saturated rings. The summed E-state index contributed by atoms with van der Waals surface area (Å²) in [4.78, 5) is 17.2. The Balaban J connectivity index is 1.86. The molecule has 1 aromatic carbocycles. The van der Waals surface area contributed by atoms with E-state index in [0.717, 1.165) is 47.2 Å². The van der Waals surface area contributed by atoms with Gasteiger partial charge in [0.15, 0.2) is 5.16 Å². The second-order valence-electron chi connectivity index (χ2n) is 6.29. The van der Waals surface area contributed by atoms with Crippen molar-refractivity contribution in [2.24, 2.45) is 5.92 Å². The molecule has 0 aliphatic carbocycles. The minimum Gasteiger partial charge on any atom is -0.350 e. The lowest BCUT2D eigenvalue weighted by Crippen LogP contribution is -2.30. The molecule has 2 heterocycles. The molecule has 0 radical (unpaired) electrons. The number of rotatable bonds is 6. The fourth-order valence-electron chi connectivity index (χ4n) is 3.13. The first-order chi connectivity index (χ1) is 11.6. The van der Waals surface area contributed by atoms with Crippen LogP contribution in [-0.2, 0) is 17.9 Å². The van der Waals surface area contributed by atoms with E-state index in [1.165, 1.54) is 5.56 Å². The largest absolute Gasteiger partial charge is 0.350 e. The fraction of sp³-hybridized carbons (Fsp3) is 0.474. The quantitative estimate of drug-likeness (QED) is 0.862. The van der Waals surface area contributed by atoms with Gasteiger partial charge in [-0.2, -0.15) is 0 Å². The number of benzene rings is 1. The Kier molecular flexibility index (Phi) is 5.29. The van der Waals surface area contributed by atoms with Crippen molar-refractivity contribution in [2.45, 2.75) is 51.9 Å². The van der Waals surface area contributed by atoms with Gasteiger partial charge >= 0.3 is 0 Å². The molecule has 3 rings (SSSR count). The molecule has 5 heteroatoms. The molecule has 0 saturated heterocycles. The number of fused-ring (bicyclic) bond motifs is 1. The van der Waals surface area contributed by atoms with Crippen LogP contribution in [0.4, 0.5) is 0 Å². The van der Waals surface area contributed by atoms with Gasteiger partial charge in [0.05, 0.1) is 17.9 Å². The number of nitrogens with zero attached hydrogens (tertiary/aromatic N) is 2. The minimum absolute atomic E-state index is 0.100. The van der Waals surface area contributed by atoms with E-state index in [0.29, 0.717) is 6.54 Å². The average molecular weight is 343 g/mol. The lowest BCUT2D eigenvalue weighted by Gasteiger charge is -2.14. The van der Waals surface area contributed by atoms with E-state index in [-0.39, 0.29) is 11.8 Å². The van der Waals surface area contributed by atoms with E-state index in [1.54, 1.807) is 11.8 Å². The highest BCUT2D eigenvalue weighted by Gasteiger charge is 2.23. The monoisotopic (exact) mass is 343 g/mol. The van der Waals surface area contributed by atoms with E-state index < -0.39 is 0 Å². The van der Waals surface area contributed by atoms with Crippen LogP contribution in [0.15, 0.2) is 29.4 Å². The Bertz CT molecular complexity index is 717. The van der Waals surface area contributed by atoms with Crippen molar-refractivity contribution in [3.63, 3.8) is 0 Å². The van der Waals surface area contributed by atoms with Crippen molar-refractivity contribution in [1.82, 2.24) is 14.9 Å². The summed E-state index contributed by atoms with van der Waals surface area (Å²) in [6.07, 6.45) is 1.76. The van der Waals surface area contributed by atoms with Crippen molar-refractivity contribution in [3.8, 4) is 11.3 Å². The zero-order valence-electron chi connectivity index (χ0n) is 14.6. The Hall–Kier alpha value is -1.75. The van der Waals surface area contributed by atoms with Crippen molar-refractivity contribution in [1.29, 1.82) is 0 Å². The summed E-state index contributed by atoms with van der Waals surface area (Å²) < 4.78 is 2.26. The Morgan fingerprint density at radius 1 is 1.29 bits per heavy atom. The molecule has 0 saturated carbocycles. The van der Waals surface area contributed by atoms with Gasteiger partial charge in [0.2, 0.25) is 5.91 Å². The summed E-state index contributed by atoms with van der Waals surface area (Å²) in [5, 5.41) is 4.20. The number of aryl methyl sites for hydroxylation is 1. The first kappa shape index (κ1) is 17.1. The lowest BCUT2D eigenvalue weighted by atomic mass is 10.0. The molecule has 4 nitrogen and oxygen atoms in total.